The van der Waals surface area contributed by atoms with Crippen molar-refractivity contribution in [3.8, 4) is 0 Å². The van der Waals surface area contributed by atoms with Crippen LogP contribution in [-0.2, 0) is 16.4 Å². The highest BCUT2D eigenvalue weighted by Crippen LogP contribution is 2.35. The topological polar surface area (TPSA) is 37.4 Å². The summed E-state index contributed by atoms with van der Waals surface area (Å²) < 4.78 is 40.5. The standard InChI is InChI=1S/C16H16FNO2S/c1-12-7-8-13-11-14(17)9-10-16(13)18(12)21(19,20)15-5-3-2-4-6-15/h2-6,9-12H,7-8H2,1H3/t12-/m0/s1. The first-order valence-electron chi connectivity index (χ1n) is 6.88. The van der Waals surface area contributed by atoms with E-state index >= 15 is 0 Å². The number of anilines is 1. The number of halogens is 1. The number of hydrogen-bond donors (Lipinski definition) is 0. The van der Waals surface area contributed by atoms with Crippen molar-refractivity contribution in [3.05, 3.63) is 59.9 Å². The molecule has 0 N–H and O–H groups in total. The van der Waals surface area contributed by atoms with Crippen LogP contribution in [0.3, 0.4) is 0 Å². The lowest BCUT2D eigenvalue weighted by Gasteiger charge is -2.36. The minimum absolute atomic E-state index is 0.145. The third-order valence-corrected chi connectivity index (χ3v) is 5.75. The van der Waals surface area contributed by atoms with Gasteiger partial charge < -0.3 is 0 Å². The van der Waals surface area contributed by atoms with Crippen molar-refractivity contribution in [1.29, 1.82) is 0 Å². The van der Waals surface area contributed by atoms with Crippen LogP contribution in [0.5, 0.6) is 0 Å². The van der Waals surface area contributed by atoms with Gasteiger partial charge in [0.25, 0.3) is 10.0 Å². The molecular formula is C16H16FNO2S. The maximum Gasteiger partial charge on any atom is 0.264 e. The van der Waals surface area contributed by atoms with Gasteiger partial charge in [0.1, 0.15) is 5.82 Å². The van der Waals surface area contributed by atoms with E-state index in [2.05, 4.69) is 0 Å². The van der Waals surface area contributed by atoms with Crippen molar-refractivity contribution >= 4 is 15.7 Å². The van der Waals surface area contributed by atoms with E-state index in [1.807, 2.05) is 6.92 Å². The fourth-order valence-electron chi connectivity index (χ4n) is 2.76. The molecule has 0 saturated heterocycles. The Morgan fingerprint density at radius 1 is 1.14 bits per heavy atom. The molecule has 0 amide bonds. The Morgan fingerprint density at radius 2 is 1.86 bits per heavy atom. The average Bonchev–Trinajstić information content (AvgIpc) is 2.48. The molecule has 0 radical (unpaired) electrons. The van der Waals surface area contributed by atoms with Crippen LogP contribution in [0, 0.1) is 5.82 Å². The van der Waals surface area contributed by atoms with E-state index in [0.29, 0.717) is 18.5 Å². The first-order valence-corrected chi connectivity index (χ1v) is 8.32. The maximum atomic E-state index is 13.4. The van der Waals surface area contributed by atoms with Crippen LogP contribution in [0.2, 0.25) is 0 Å². The summed E-state index contributed by atoms with van der Waals surface area (Å²) in [6, 6.07) is 12.5. The molecule has 0 unspecified atom stereocenters. The van der Waals surface area contributed by atoms with Gasteiger partial charge in [-0.3, -0.25) is 4.31 Å². The van der Waals surface area contributed by atoms with Gasteiger partial charge in [0, 0.05) is 6.04 Å². The zero-order chi connectivity index (χ0) is 15.0. The first-order chi connectivity index (χ1) is 10.00. The lowest BCUT2D eigenvalue weighted by Crippen LogP contribution is -2.42. The van der Waals surface area contributed by atoms with Crippen LogP contribution in [0.15, 0.2) is 53.4 Å². The second kappa shape index (κ2) is 5.15. The van der Waals surface area contributed by atoms with Gasteiger partial charge in [-0.1, -0.05) is 18.2 Å². The molecule has 1 atom stereocenters. The van der Waals surface area contributed by atoms with Crippen molar-refractivity contribution in [2.45, 2.75) is 30.7 Å². The van der Waals surface area contributed by atoms with Crippen LogP contribution in [0.4, 0.5) is 10.1 Å². The van der Waals surface area contributed by atoms with Crippen molar-refractivity contribution in [2.75, 3.05) is 4.31 Å². The fraction of sp³-hybridized carbons (Fsp3) is 0.250. The van der Waals surface area contributed by atoms with Crippen molar-refractivity contribution in [2.24, 2.45) is 0 Å². The highest BCUT2D eigenvalue weighted by Gasteiger charge is 2.33. The van der Waals surface area contributed by atoms with Crippen LogP contribution in [0.25, 0.3) is 0 Å². The highest BCUT2D eigenvalue weighted by atomic mass is 32.2. The van der Waals surface area contributed by atoms with Crippen LogP contribution < -0.4 is 4.31 Å². The summed E-state index contributed by atoms with van der Waals surface area (Å²) in [7, 11) is -3.63. The molecule has 1 aliphatic heterocycles. The summed E-state index contributed by atoms with van der Waals surface area (Å²) >= 11 is 0. The van der Waals surface area contributed by atoms with Gasteiger partial charge in [0.15, 0.2) is 0 Å². The zero-order valence-corrected chi connectivity index (χ0v) is 12.5. The Labute approximate surface area is 124 Å². The van der Waals surface area contributed by atoms with Crippen molar-refractivity contribution < 1.29 is 12.8 Å². The SMILES string of the molecule is C[C@H]1CCc2cc(F)ccc2N1S(=O)(=O)c1ccccc1. The molecule has 3 rings (SSSR count). The Balaban J connectivity index is 2.14. The lowest BCUT2D eigenvalue weighted by molar-refractivity contribution is 0.560. The Kier molecular flexibility index (Phi) is 3.45. The van der Waals surface area contributed by atoms with E-state index in [9.17, 15) is 12.8 Å². The van der Waals surface area contributed by atoms with Gasteiger partial charge in [0.2, 0.25) is 0 Å². The number of nitrogens with zero attached hydrogens (tertiary/aromatic N) is 1. The van der Waals surface area contributed by atoms with Gasteiger partial charge in [-0.25, -0.2) is 12.8 Å². The van der Waals surface area contributed by atoms with E-state index < -0.39 is 10.0 Å². The maximum absolute atomic E-state index is 13.4. The largest absolute Gasteiger partial charge is 0.264 e. The molecule has 5 heteroatoms. The van der Waals surface area contributed by atoms with Gasteiger partial charge in [-0.05, 0) is 55.7 Å². The van der Waals surface area contributed by atoms with Gasteiger partial charge in [-0.15, -0.1) is 0 Å². The van der Waals surface area contributed by atoms with Crippen LogP contribution >= 0.6 is 0 Å². The van der Waals surface area contributed by atoms with Gasteiger partial charge in [0.05, 0.1) is 10.6 Å². The monoisotopic (exact) mass is 305 g/mol. The third kappa shape index (κ3) is 2.42. The third-order valence-electron chi connectivity index (χ3n) is 3.81. The van der Waals surface area contributed by atoms with E-state index in [4.69, 9.17) is 0 Å². The predicted molar refractivity (Wildman–Crippen MR) is 80.3 cm³/mol. The summed E-state index contributed by atoms with van der Waals surface area (Å²) in [5.41, 5.74) is 1.33. The number of benzene rings is 2. The molecule has 0 saturated carbocycles. The molecule has 0 spiro atoms. The Hall–Kier alpha value is -1.88. The molecule has 0 aliphatic carbocycles. The summed E-state index contributed by atoms with van der Waals surface area (Å²) in [5, 5.41) is 0. The number of sulfonamides is 1. The van der Waals surface area contributed by atoms with Crippen LogP contribution in [-0.4, -0.2) is 14.5 Å². The van der Waals surface area contributed by atoms with E-state index in [1.165, 1.54) is 16.4 Å². The van der Waals surface area contributed by atoms with Crippen LogP contribution in [0.1, 0.15) is 18.9 Å². The highest BCUT2D eigenvalue weighted by molar-refractivity contribution is 7.92. The average molecular weight is 305 g/mol. The summed E-state index contributed by atoms with van der Waals surface area (Å²) in [4.78, 5) is 0.258. The summed E-state index contributed by atoms with van der Waals surface area (Å²) in [6.07, 6.45) is 1.37. The molecule has 0 aromatic heterocycles. The molecule has 0 fully saturated rings. The van der Waals surface area contributed by atoms with E-state index in [0.717, 1.165) is 5.56 Å². The second-order valence-electron chi connectivity index (χ2n) is 5.27. The molecule has 2 aromatic rings. The molecule has 21 heavy (non-hydrogen) atoms. The Bertz CT molecular complexity index is 759. The summed E-state index contributed by atoms with van der Waals surface area (Å²) in [5.74, 6) is -0.333. The van der Waals surface area contributed by atoms with Crippen molar-refractivity contribution in [1.82, 2.24) is 0 Å². The molecule has 1 heterocycles. The lowest BCUT2D eigenvalue weighted by atomic mass is 9.99. The first kappa shape index (κ1) is 14.1. The quantitative estimate of drug-likeness (QED) is 0.853. The molecule has 110 valence electrons. The number of rotatable bonds is 2. The molecule has 2 aromatic carbocycles. The van der Waals surface area contributed by atoms with Crippen molar-refractivity contribution in [3.63, 3.8) is 0 Å². The minimum atomic E-state index is -3.63. The number of fused-ring (bicyclic) bond motifs is 1. The number of aryl methyl sites for hydroxylation is 1. The Morgan fingerprint density at radius 3 is 2.57 bits per heavy atom. The summed E-state index contributed by atoms with van der Waals surface area (Å²) in [6.45, 7) is 1.88. The number of hydrogen-bond acceptors (Lipinski definition) is 2. The molecular weight excluding hydrogens is 289 g/mol. The normalized spacial score (nSPS) is 18.4. The molecule has 3 nitrogen and oxygen atoms in total. The fourth-order valence-corrected chi connectivity index (χ4v) is 4.51. The predicted octanol–water partition coefficient (Wildman–Crippen LogP) is 3.36. The minimum Gasteiger partial charge on any atom is -0.263 e. The molecule has 0 bridgehead atoms. The second-order valence-corrected chi connectivity index (χ2v) is 7.09. The van der Waals surface area contributed by atoms with Gasteiger partial charge >= 0.3 is 0 Å². The smallest absolute Gasteiger partial charge is 0.263 e. The molecule has 1 aliphatic rings. The van der Waals surface area contributed by atoms with E-state index in [1.54, 1.807) is 36.4 Å². The zero-order valence-electron chi connectivity index (χ0n) is 11.7. The van der Waals surface area contributed by atoms with E-state index in [-0.39, 0.29) is 16.8 Å². The van der Waals surface area contributed by atoms with Gasteiger partial charge in [-0.2, -0.15) is 0 Å².